The Bertz CT molecular complexity index is 427. The van der Waals surface area contributed by atoms with Crippen molar-refractivity contribution in [2.45, 2.75) is 56.8 Å². The van der Waals surface area contributed by atoms with E-state index in [1.807, 2.05) is 0 Å². The van der Waals surface area contributed by atoms with E-state index in [4.69, 9.17) is 0 Å². The Kier molecular flexibility index (Phi) is 8.78. The maximum absolute atomic E-state index is 12.5. The molecule has 0 aliphatic carbocycles. The lowest BCUT2D eigenvalue weighted by Crippen LogP contribution is -2.41. The highest BCUT2D eigenvalue weighted by Crippen LogP contribution is 2.33. The highest BCUT2D eigenvalue weighted by molar-refractivity contribution is 5.85. The minimum absolute atomic E-state index is 0. The summed E-state index contributed by atoms with van der Waals surface area (Å²) < 4.78 is 37.5. The Morgan fingerprint density at radius 1 is 1.00 bits per heavy atom. The molecule has 3 aliphatic rings. The van der Waals surface area contributed by atoms with Gasteiger partial charge in [0.15, 0.2) is 0 Å². The number of carbonyl (C=O) groups excluding carboxylic acids is 1. The van der Waals surface area contributed by atoms with Gasteiger partial charge in [-0.2, -0.15) is 13.2 Å². The summed E-state index contributed by atoms with van der Waals surface area (Å²) in [5.74, 6) is 0.570. The molecule has 0 aromatic carbocycles. The smallest absolute Gasteiger partial charge is 0.341 e. The summed E-state index contributed by atoms with van der Waals surface area (Å²) in [6.45, 7) is 0.883. The number of halogens is 5. The van der Waals surface area contributed by atoms with Gasteiger partial charge < -0.3 is 10.2 Å². The number of rotatable bonds is 3. The van der Waals surface area contributed by atoms with Crippen molar-refractivity contribution >= 4 is 30.7 Å². The third kappa shape index (κ3) is 6.77. The third-order valence-corrected chi connectivity index (χ3v) is 5.38. The van der Waals surface area contributed by atoms with E-state index < -0.39 is 12.7 Å². The summed E-state index contributed by atoms with van der Waals surface area (Å²) in [7, 11) is 0. The lowest BCUT2D eigenvalue weighted by atomic mass is 9.89. The molecule has 2 atom stereocenters. The van der Waals surface area contributed by atoms with E-state index in [0.29, 0.717) is 57.0 Å². The highest BCUT2D eigenvalue weighted by Gasteiger charge is 2.35. The quantitative estimate of drug-likeness (QED) is 0.783. The van der Waals surface area contributed by atoms with Gasteiger partial charge in [0, 0.05) is 44.7 Å². The summed E-state index contributed by atoms with van der Waals surface area (Å²) in [4.78, 5) is 15.7. The van der Waals surface area contributed by atoms with Crippen LogP contribution in [-0.2, 0) is 4.79 Å². The van der Waals surface area contributed by atoms with Crippen molar-refractivity contribution in [2.24, 2.45) is 5.92 Å². The molecule has 0 saturated carbocycles. The van der Waals surface area contributed by atoms with Crippen molar-refractivity contribution in [3.05, 3.63) is 0 Å². The molecule has 0 spiro atoms. The zero-order valence-corrected chi connectivity index (χ0v) is 15.9. The normalized spacial score (nSPS) is 30.2. The molecule has 25 heavy (non-hydrogen) atoms. The van der Waals surface area contributed by atoms with Crippen LogP contribution in [-0.4, -0.2) is 66.7 Å². The fraction of sp³-hybridized carbons (Fsp3) is 0.938. The first-order valence-corrected chi connectivity index (χ1v) is 8.72. The molecule has 3 saturated heterocycles. The van der Waals surface area contributed by atoms with Crippen LogP contribution in [0.25, 0.3) is 0 Å². The second-order valence-electron chi connectivity index (χ2n) is 7.31. The van der Waals surface area contributed by atoms with Crippen LogP contribution in [0.5, 0.6) is 0 Å². The van der Waals surface area contributed by atoms with E-state index in [9.17, 15) is 18.0 Å². The van der Waals surface area contributed by atoms with E-state index in [-0.39, 0.29) is 30.7 Å². The van der Waals surface area contributed by atoms with Crippen LogP contribution >= 0.6 is 24.8 Å². The van der Waals surface area contributed by atoms with Crippen LogP contribution in [0.3, 0.4) is 0 Å². The van der Waals surface area contributed by atoms with Crippen LogP contribution in [0, 0.1) is 5.92 Å². The van der Waals surface area contributed by atoms with Crippen molar-refractivity contribution < 1.29 is 18.0 Å². The van der Waals surface area contributed by atoms with Gasteiger partial charge in [-0.25, -0.2) is 0 Å². The van der Waals surface area contributed by atoms with Gasteiger partial charge in [0.1, 0.15) is 0 Å². The first kappa shape index (κ1) is 22.8. The van der Waals surface area contributed by atoms with E-state index in [0.717, 1.165) is 12.8 Å². The van der Waals surface area contributed by atoms with Gasteiger partial charge in [0.25, 0.3) is 0 Å². The number of hydrogen-bond acceptors (Lipinski definition) is 3. The molecule has 2 unspecified atom stereocenters. The standard InChI is InChI=1S/C16H26F3N3O.2ClH/c17-16(18,19)11-21-4-1-5-22(7-6-21)15(23)10-12-8-13-2-3-14(9-12)20-13;;/h12-14,20H,1-11H2;2*1H. The summed E-state index contributed by atoms with van der Waals surface area (Å²) in [6.07, 6.45) is 1.59. The second kappa shape index (κ2) is 9.62. The Balaban J connectivity index is 0.00000156. The number of nitrogens with zero attached hydrogens (tertiary/aromatic N) is 2. The van der Waals surface area contributed by atoms with E-state index in [1.54, 1.807) is 4.90 Å². The lowest BCUT2D eigenvalue weighted by molar-refractivity contribution is -0.145. The SMILES string of the molecule is Cl.Cl.O=C(CC1CC2CCC(C1)N2)N1CCCN(CC(F)(F)F)CC1. The maximum Gasteiger partial charge on any atom is 0.401 e. The molecule has 0 aromatic rings. The van der Waals surface area contributed by atoms with Crippen molar-refractivity contribution in [1.29, 1.82) is 0 Å². The van der Waals surface area contributed by atoms with Crippen molar-refractivity contribution in [2.75, 3.05) is 32.7 Å². The summed E-state index contributed by atoms with van der Waals surface area (Å²) in [6, 6.07) is 1.14. The number of hydrogen-bond donors (Lipinski definition) is 1. The molecule has 0 radical (unpaired) electrons. The molecule has 3 heterocycles. The molecular formula is C16H28Cl2F3N3O. The van der Waals surface area contributed by atoms with Crippen LogP contribution in [0.2, 0.25) is 0 Å². The molecule has 2 bridgehead atoms. The topological polar surface area (TPSA) is 35.6 Å². The third-order valence-electron chi connectivity index (χ3n) is 5.38. The average molecular weight is 406 g/mol. The zero-order valence-electron chi connectivity index (χ0n) is 14.3. The minimum atomic E-state index is -4.16. The van der Waals surface area contributed by atoms with Gasteiger partial charge in [-0.05, 0) is 38.0 Å². The fourth-order valence-electron chi connectivity index (χ4n) is 4.35. The minimum Gasteiger partial charge on any atom is -0.341 e. The van der Waals surface area contributed by atoms with Crippen LogP contribution < -0.4 is 5.32 Å². The van der Waals surface area contributed by atoms with Gasteiger partial charge in [0.2, 0.25) is 5.91 Å². The van der Waals surface area contributed by atoms with Gasteiger partial charge in [0.05, 0.1) is 6.54 Å². The molecule has 1 amide bonds. The first-order valence-electron chi connectivity index (χ1n) is 8.72. The van der Waals surface area contributed by atoms with E-state index in [2.05, 4.69) is 5.32 Å². The molecular weight excluding hydrogens is 378 g/mol. The Morgan fingerprint density at radius 2 is 1.64 bits per heavy atom. The molecule has 148 valence electrons. The van der Waals surface area contributed by atoms with Crippen LogP contribution in [0.15, 0.2) is 0 Å². The van der Waals surface area contributed by atoms with Crippen molar-refractivity contribution in [1.82, 2.24) is 15.1 Å². The number of carbonyl (C=O) groups is 1. The van der Waals surface area contributed by atoms with Crippen LogP contribution in [0.4, 0.5) is 13.2 Å². The molecule has 3 aliphatic heterocycles. The summed E-state index contributed by atoms with van der Waals surface area (Å²) >= 11 is 0. The molecule has 1 N–H and O–H groups in total. The van der Waals surface area contributed by atoms with Crippen molar-refractivity contribution in [3.63, 3.8) is 0 Å². The number of amides is 1. The Morgan fingerprint density at radius 3 is 2.24 bits per heavy atom. The predicted octanol–water partition coefficient (Wildman–Crippen LogP) is 2.85. The Hall–Kier alpha value is -0.240. The molecule has 4 nitrogen and oxygen atoms in total. The van der Waals surface area contributed by atoms with Gasteiger partial charge in [-0.1, -0.05) is 0 Å². The van der Waals surface area contributed by atoms with E-state index in [1.165, 1.54) is 17.7 Å². The van der Waals surface area contributed by atoms with E-state index >= 15 is 0 Å². The Labute approximate surface area is 159 Å². The number of nitrogens with one attached hydrogen (secondary N) is 1. The first-order chi connectivity index (χ1) is 10.9. The number of alkyl halides is 3. The summed E-state index contributed by atoms with van der Waals surface area (Å²) in [5.41, 5.74) is 0. The maximum atomic E-state index is 12.5. The fourth-order valence-corrected chi connectivity index (χ4v) is 4.35. The van der Waals surface area contributed by atoms with Gasteiger partial charge in [-0.15, -0.1) is 24.8 Å². The number of fused-ring (bicyclic) bond motifs is 2. The predicted molar refractivity (Wildman–Crippen MR) is 95.5 cm³/mol. The van der Waals surface area contributed by atoms with Gasteiger partial charge >= 0.3 is 6.18 Å². The van der Waals surface area contributed by atoms with Gasteiger partial charge in [-0.3, -0.25) is 9.69 Å². The monoisotopic (exact) mass is 405 g/mol. The molecule has 9 heteroatoms. The average Bonchev–Trinajstić information content (AvgIpc) is 2.67. The molecule has 3 fully saturated rings. The largest absolute Gasteiger partial charge is 0.401 e. The number of piperidine rings is 1. The van der Waals surface area contributed by atoms with Crippen molar-refractivity contribution in [3.8, 4) is 0 Å². The molecule has 0 aromatic heterocycles. The lowest BCUT2D eigenvalue weighted by Gasteiger charge is -2.30. The highest BCUT2D eigenvalue weighted by atomic mass is 35.5. The zero-order chi connectivity index (χ0) is 16.4. The molecule has 3 rings (SSSR count). The second-order valence-corrected chi connectivity index (χ2v) is 7.31. The summed E-state index contributed by atoms with van der Waals surface area (Å²) in [5, 5.41) is 3.57. The van der Waals surface area contributed by atoms with Crippen LogP contribution in [0.1, 0.15) is 38.5 Å².